The molecule has 0 atom stereocenters. The summed E-state index contributed by atoms with van der Waals surface area (Å²) in [6, 6.07) is 5.81. The van der Waals surface area contributed by atoms with Crippen LogP contribution in [0.4, 0.5) is 4.39 Å². The highest BCUT2D eigenvalue weighted by atomic mass is 79.9. The van der Waals surface area contributed by atoms with E-state index in [0.717, 1.165) is 30.4 Å². The first kappa shape index (κ1) is 14.3. The number of hydrogen-bond acceptors (Lipinski definition) is 1. The monoisotopic (exact) mass is 333 g/mol. The minimum Gasteiger partial charge on any atom is -0.296 e. The summed E-state index contributed by atoms with van der Waals surface area (Å²) in [6.45, 7) is 1.89. The van der Waals surface area contributed by atoms with Gasteiger partial charge in [0.1, 0.15) is 5.82 Å². The maximum Gasteiger partial charge on any atom is 0.142 e. The van der Waals surface area contributed by atoms with Crippen LogP contribution in [0.15, 0.2) is 18.2 Å². The Bertz CT molecular complexity index is 395. The summed E-state index contributed by atoms with van der Waals surface area (Å²) < 4.78 is 13.4. The average Bonchev–Trinajstić information content (AvgIpc) is 2.28. The van der Waals surface area contributed by atoms with Crippen molar-refractivity contribution in [2.75, 3.05) is 11.9 Å². The lowest BCUT2D eigenvalue weighted by molar-refractivity contribution is 0.120. The summed E-state index contributed by atoms with van der Waals surface area (Å²) in [7, 11) is 0. The molecule has 0 amide bonds. The number of rotatable bonds is 6. The van der Waals surface area contributed by atoms with Crippen molar-refractivity contribution < 1.29 is 4.39 Å². The van der Waals surface area contributed by atoms with Gasteiger partial charge in [0.2, 0.25) is 0 Å². The maximum atomic E-state index is 13.4. The molecular formula is C14H18BrClFN. The van der Waals surface area contributed by atoms with Gasteiger partial charge in [-0.1, -0.05) is 40.0 Å². The van der Waals surface area contributed by atoms with Gasteiger partial charge < -0.3 is 0 Å². The molecule has 1 aromatic carbocycles. The molecule has 1 aliphatic carbocycles. The van der Waals surface area contributed by atoms with Gasteiger partial charge in [-0.05, 0) is 43.5 Å². The molecule has 0 spiro atoms. The first-order valence-corrected chi connectivity index (χ1v) is 7.94. The lowest BCUT2D eigenvalue weighted by Crippen LogP contribution is -2.40. The van der Waals surface area contributed by atoms with E-state index in [9.17, 15) is 4.39 Å². The van der Waals surface area contributed by atoms with Crippen LogP contribution < -0.4 is 0 Å². The molecule has 0 radical (unpaired) electrons. The van der Waals surface area contributed by atoms with E-state index in [1.54, 1.807) is 12.1 Å². The average molecular weight is 335 g/mol. The topological polar surface area (TPSA) is 3.24 Å². The van der Waals surface area contributed by atoms with Crippen LogP contribution in [0.1, 0.15) is 31.2 Å². The van der Waals surface area contributed by atoms with Crippen LogP contribution in [-0.4, -0.2) is 22.8 Å². The standard InChI is InChI=1S/C14H18BrClFN/c15-7-2-8-18(12-3-1-4-12)10-11-5-6-13(16)14(17)9-11/h5-6,9,12H,1-4,7-8,10H2. The van der Waals surface area contributed by atoms with E-state index in [0.29, 0.717) is 6.04 Å². The van der Waals surface area contributed by atoms with E-state index in [2.05, 4.69) is 20.8 Å². The molecule has 4 heteroatoms. The van der Waals surface area contributed by atoms with Crippen LogP contribution in [0.3, 0.4) is 0 Å². The molecule has 0 heterocycles. The highest BCUT2D eigenvalue weighted by molar-refractivity contribution is 9.09. The summed E-state index contributed by atoms with van der Waals surface area (Å²) in [5, 5.41) is 1.22. The fourth-order valence-corrected chi connectivity index (χ4v) is 2.65. The molecule has 18 heavy (non-hydrogen) atoms. The normalized spacial score (nSPS) is 16.0. The molecule has 0 saturated heterocycles. The van der Waals surface area contributed by atoms with Crippen molar-refractivity contribution in [3.05, 3.63) is 34.6 Å². The Kier molecular flexibility index (Phi) is 5.46. The van der Waals surface area contributed by atoms with Gasteiger partial charge in [-0.3, -0.25) is 4.90 Å². The summed E-state index contributed by atoms with van der Waals surface area (Å²) in [5.74, 6) is -0.316. The molecule has 0 bridgehead atoms. The van der Waals surface area contributed by atoms with Crippen LogP contribution in [0.25, 0.3) is 0 Å². The number of alkyl halides is 1. The molecule has 1 aromatic rings. The quantitative estimate of drug-likeness (QED) is 0.686. The molecule has 0 N–H and O–H groups in total. The van der Waals surface area contributed by atoms with E-state index in [1.165, 1.54) is 19.3 Å². The van der Waals surface area contributed by atoms with Gasteiger partial charge in [-0.15, -0.1) is 0 Å². The van der Waals surface area contributed by atoms with Gasteiger partial charge in [0.25, 0.3) is 0 Å². The predicted octanol–water partition coefficient (Wildman–Crippen LogP) is 4.62. The SMILES string of the molecule is Fc1cc(CN(CCCBr)C2CCC2)ccc1Cl. The third kappa shape index (κ3) is 3.69. The summed E-state index contributed by atoms with van der Waals surface area (Å²) >= 11 is 9.18. The Morgan fingerprint density at radius 2 is 2.17 bits per heavy atom. The zero-order chi connectivity index (χ0) is 13.0. The number of nitrogens with zero attached hydrogens (tertiary/aromatic N) is 1. The van der Waals surface area contributed by atoms with Crippen molar-refractivity contribution in [2.24, 2.45) is 0 Å². The summed E-state index contributed by atoms with van der Waals surface area (Å²) in [5.41, 5.74) is 1.01. The number of halogens is 3. The van der Waals surface area contributed by atoms with E-state index in [1.807, 2.05) is 6.07 Å². The number of hydrogen-bond donors (Lipinski definition) is 0. The third-order valence-electron chi connectivity index (χ3n) is 3.54. The Hall–Kier alpha value is -0.120. The van der Waals surface area contributed by atoms with Crippen molar-refractivity contribution in [3.63, 3.8) is 0 Å². The second-order valence-electron chi connectivity index (χ2n) is 4.85. The Morgan fingerprint density at radius 1 is 1.39 bits per heavy atom. The first-order chi connectivity index (χ1) is 8.70. The molecular weight excluding hydrogens is 317 g/mol. The summed E-state index contributed by atoms with van der Waals surface area (Å²) in [6.07, 6.45) is 5.01. The van der Waals surface area contributed by atoms with Gasteiger partial charge >= 0.3 is 0 Å². The Morgan fingerprint density at radius 3 is 2.72 bits per heavy atom. The van der Waals surface area contributed by atoms with Gasteiger partial charge in [0.15, 0.2) is 0 Å². The van der Waals surface area contributed by atoms with Crippen molar-refractivity contribution >= 4 is 27.5 Å². The van der Waals surface area contributed by atoms with E-state index >= 15 is 0 Å². The third-order valence-corrected chi connectivity index (χ3v) is 4.41. The second-order valence-corrected chi connectivity index (χ2v) is 6.05. The zero-order valence-corrected chi connectivity index (χ0v) is 12.7. The van der Waals surface area contributed by atoms with Crippen LogP contribution in [0.5, 0.6) is 0 Å². The molecule has 2 rings (SSSR count). The highest BCUT2D eigenvalue weighted by Gasteiger charge is 2.24. The van der Waals surface area contributed by atoms with Crippen LogP contribution in [-0.2, 0) is 6.54 Å². The molecule has 1 nitrogen and oxygen atoms in total. The molecule has 0 aliphatic heterocycles. The fourth-order valence-electron chi connectivity index (χ4n) is 2.28. The summed E-state index contributed by atoms with van der Waals surface area (Å²) in [4.78, 5) is 2.47. The molecule has 0 unspecified atom stereocenters. The van der Waals surface area contributed by atoms with Crippen LogP contribution in [0, 0.1) is 5.82 Å². The van der Waals surface area contributed by atoms with Crippen molar-refractivity contribution in [2.45, 2.75) is 38.3 Å². The zero-order valence-electron chi connectivity index (χ0n) is 10.3. The van der Waals surface area contributed by atoms with E-state index in [4.69, 9.17) is 11.6 Å². The van der Waals surface area contributed by atoms with Gasteiger partial charge in [0, 0.05) is 17.9 Å². The lowest BCUT2D eigenvalue weighted by atomic mass is 9.91. The molecule has 1 saturated carbocycles. The maximum absolute atomic E-state index is 13.4. The Labute approximate surface area is 121 Å². The van der Waals surface area contributed by atoms with E-state index < -0.39 is 0 Å². The van der Waals surface area contributed by atoms with Crippen LogP contribution >= 0.6 is 27.5 Å². The Balaban J connectivity index is 1.99. The van der Waals surface area contributed by atoms with Gasteiger partial charge in [-0.2, -0.15) is 0 Å². The molecule has 100 valence electrons. The predicted molar refractivity (Wildman–Crippen MR) is 77.9 cm³/mol. The van der Waals surface area contributed by atoms with Gasteiger partial charge in [-0.25, -0.2) is 4.39 Å². The second kappa shape index (κ2) is 6.88. The number of benzene rings is 1. The van der Waals surface area contributed by atoms with Crippen molar-refractivity contribution in [1.82, 2.24) is 4.90 Å². The molecule has 0 aromatic heterocycles. The molecule has 1 fully saturated rings. The minimum atomic E-state index is -0.316. The molecule has 1 aliphatic rings. The smallest absolute Gasteiger partial charge is 0.142 e. The highest BCUT2D eigenvalue weighted by Crippen LogP contribution is 2.27. The van der Waals surface area contributed by atoms with Crippen molar-refractivity contribution in [3.8, 4) is 0 Å². The van der Waals surface area contributed by atoms with Crippen molar-refractivity contribution in [1.29, 1.82) is 0 Å². The van der Waals surface area contributed by atoms with Crippen LogP contribution in [0.2, 0.25) is 5.02 Å². The fraction of sp³-hybridized carbons (Fsp3) is 0.571. The largest absolute Gasteiger partial charge is 0.296 e. The van der Waals surface area contributed by atoms with Gasteiger partial charge in [0.05, 0.1) is 5.02 Å². The lowest BCUT2D eigenvalue weighted by Gasteiger charge is -2.37. The minimum absolute atomic E-state index is 0.203. The van der Waals surface area contributed by atoms with E-state index in [-0.39, 0.29) is 10.8 Å². The first-order valence-electron chi connectivity index (χ1n) is 6.44.